The molecule has 0 aliphatic carbocycles. The van der Waals surface area contributed by atoms with Crippen LogP contribution in [-0.2, 0) is 4.74 Å². The second-order valence-electron chi connectivity index (χ2n) is 4.74. The van der Waals surface area contributed by atoms with Crippen molar-refractivity contribution in [2.45, 2.75) is 26.4 Å². The summed E-state index contributed by atoms with van der Waals surface area (Å²) in [6.07, 6.45) is 0.565. The summed E-state index contributed by atoms with van der Waals surface area (Å²) in [5, 5.41) is 9.83. The maximum atomic E-state index is 11.9. The van der Waals surface area contributed by atoms with Gasteiger partial charge < -0.3 is 14.6 Å². The summed E-state index contributed by atoms with van der Waals surface area (Å²) < 4.78 is 10.0. The van der Waals surface area contributed by atoms with E-state index in [-0.39, 0.29) is 22.6 Å². The van der Waals surface area contributed by atoms with Gasteiger partial charge in [-0.2, -0.15) is 0 Å². The Morgan fingerprint density at radius 3 is 2.39 bits per heavy atom. The molecule has 0 fully saturated rings. The van der Waals surface area contributed by atoms with Crippen LogP contribution in [0.3, 0.4) is 0 Å². The molecule has 5 heteroatoms. The van der Waals surface area contributed by atoms with Crippen molar-refractivity contribution in [1.82, 2.24) is 0 Å². The summed E-state index contributed by atoms with van der Waals surface area (Å²) in [4.78, 5) is 22.6. The van der Waals surface area contributed by atoms with Gasteiger partial charge in [-0.05, 0) is 32.9 Å². The van der Waals surface area contributed by atoms with Crippen molar-refractivity contribution in [1.29, 1.82) is 0 Å². The number of hydrogen-bond donors (Lipinski definition) is 1. The molecule has 0 atom stereocenters. The van der Waals surface area contributed by atoms with Crippen LogP contribution in [0.1, 0.15) is 41.5 Å². The van der Waals surface area contributed by atoms with Crippen LogP contribution in [0.4, 0.5) is 0 Å². The van der Waals surface area contributed by atoms with Crippen molar-refractivity contribution >= 4 is 12.3 Å². The second kappa shape index (κ2) is 5.08. The van der Waals surface area contributed by atoms with Crippen molar-refractivity contribution in [2.24, 2.45) is 0 Å². The van der Waals surface area contributed by atoms with Crippen molar-refractivity contribution in [3.8, 4) is 11.5 Å². The molecule has 1 aromatic carbocycles. The SMILES string of the molecule is COc1cc(C=O)cc(C(=O)OC(C)(C)C)c1O. The van der Waals surface area contributed by atoms with Gasteiger partial charge in [-0.25, -0.2) is 4.79 Å². The van der Waals surface area contributed by atoms with Crippen molar-refractivity contribution in [3.05, 3.63) is 23.3 Å². The predicted molar refractivity (Wildman–Crippen MR) is 65.2 cm³/mol. The third kappa shape index (κ3) is 3.23. The first-order chi connectivity index (χ1) is 8.28. The largest absolute Gasteiger partial charge is 0.504 e. The molecule has 5 nitrogen and oxygen atoms in total. The van der Waals surface area contributed by atoms with E-state index in [2.05, 4.69) is 0 Å². The van der Waals surface area contributed by atoms with Gasteiger partial charge in [-0.3, -0.25) is 4.79 Å². The summed E-state index contributed by atoms with van der Waals surface area (Å²) in [6.45, 7) is 5.13. The van der Waals surface area contributed by atoms with E-state index in [9.17, 15) is 14.7 Å². The van der Waals surface area contributed by atoms with E-state index in [1.807, 2.05) is 0 Å². The Balaban J connectivity index is 3.22. The zero-order valence-corrected chi connectivity index (χ0v) is 10.8. The van der Waals surface area contributed by atoms with Gasteiger partial charge in [-0.1, -0.05) is 0 Å². The Labute approximate surface area is 105 Å². The molecule has 0 amide bonds. The third-order valence-corrected chi connectivity index (χ3v) is 2.07. The van der Waals surface area contributed by atoms with Crippen molar-refractivity contribution in [2.75, 3.05) is 7.11 Å². The molecule has 0 aliphatic heterocycles. The number of benzene rings is 1. The molecule has 0 heterocycles. The number of carbonyl (C=O) groups excluding carboxylic acids is 2. The number of phenolic OH excluding ortho intramolecular Hbond substituents is 1. The first-order valence-electron chi connectivity index (χ1n) is 5.38. The third-order valence-electron chi connectivity index (χ3n) is 2.07. The minimum atomic E-state index is -0.706. The fourth-order valence-electron chi connectivity index (χ4n) is 1.34. The Morgan fingerprint density at radius 1 is 1.33 bits per heavy atom. The molecular formula is C13H16O5. The highest BCUT2D eigenvalue weighted by molar-refractivity contribution is 5.96. The van der Waals surface area contributed by atoms with Gasteiger partial charge in [0.2, 0.25) is 0 Å². The molecule has 0 aliphatic rings. The first-order valence-corrected chi connectivity index (χ1v) is 5.38. The van der Waals surface area contributed by atoms with Gasteiger partial charge >= 0.3 is 5.97 Å². The molecule has 1 aromatic rings. The molecule has 98 valence electrons. The topological polar surface area (TPSA) is 72.8 Å². The monoisotopic (exact) mass is 252 g/mol. The standard InChI is InChI=1S/C13H16O5/c1-13(2,3)18-12(16)9-5-8(7-14)6-10(17-4)11(9)15/h5-7,15H,1-4H3. The number of esters is 1. The molecule has 0 saturated heterocycles. The molecule has 0 saturated carbocycles. The number of aldehydes is 1. The first kappa shape index (κ1) is 14.0. The van der Waals surface area contributed by atoms with Crippen LogP contribution in [0.15, 0.2) is 12.1 Å². The van der Waals surface area contributed by atoms with Crippen LogP contribution in [-0.4, -0.2) is 30.1 Å². The van der Waals surface area contributed by atoms with Gasteiger partial charge in [0.25, 0.3) is 0 Å². The van der Waals surface area contributed by atoms with E-state index in [4.69, 9.17) is 9.47 Å². The van der Waals surface area contributed by atoms with E-state index in [1.54, 1.807) is 20.8 Å². The number of rotatable bonds is 3. The van der Waals surface area contributed by atoms with E-state index >= 15 is 0 Å². The summed E-state index contributed by atoms with van der Waals surface area (Å²) >= 11 is 0. The average Bonchev–Trinajstić information content (AvgIpc) is 2.27. The lowest BCUT2D eigenvalue weighted by atomic mass is 10.1. The highest BCUT2D eigenvalue weighted by Crippen LogP contribution is 2.32. The van der Waals surface area contributed by atoms with Gasteiger partial charge in [0, 0.05) is 5.56 Å². The Bertz CT molecular complexity index is 471. The molecular weight excluding hydrogens is 236 g/mol. The van der Waals surface area contributed by atoms with Gasteiger partial charge in [0.15, 0.2) is 11.5 Å². The van der Waals surface area contributed by atoms with Gasteiger partial charge in [0.05, 0.1) is 7.11 Å². The van der Waals surface area contributed by atoms with Crippen LogP contribution in [0.2, 0.25) is 0 Å². The van der Waals surface area contributed by atoms with E-state index in [1.165, 1.54) is 19.2 Å². The summed E-state index contributed by atoms with van der Waals surface area (Å²) in [6, 6.07) is 2.61. The van der Waals surface area contributed by atoms with Crippen LogP contribution >= 0.6 is 0 Å². The van der Waals surface area contributed by atoms with Crippen LogP contribution < -0.4 is 4.74 Å². The Hall–Kier alpha value is -2.04. The van der Waals surface area contributed by atoms with Crippen LogP contribution in [0.5, 0.6) is 11.5 Å². The number of methoxy groups -OCH3 is 1. The number of carbonyl (C=O) groups is 2. The zero-order valence-electron chi connectivity index (χ0n) is 10.8. The molecule has 1 rings (SSSR count). The molecule has 0 bridgehead atoms. The Morgan fingerprint density at radius 2 is 1.94 bits per heavy atom. The zero-order chi connectivity index (χ0) is 13.9. The predicted octanol–water partition coefficient (Wildman–Crippen LogP) is 2.17. The van der Waals surface area contributed by atoms with Crippen LogP contribution in [0, 0.1) is 0 Å². The maximum absolute atomic E-state index is 11.9. The van der Waals surface area contributed by atoms with E-state index in [0.29, 0.717) is 6.29 Å². The molecule has 0 unspecified atom stereocenters. The minimum absolute atomic E-state index is 0.0560. The average molecular weight is 252 g/mol. The molecule has 0 aromatic heterocycles. The van der Waals surface area contributed by atoms with E-state index < -0.39 is 11.6 Å². The maximum Gasteiger partial charge on any atom is 0.342 e. The van der Waals surface area contributed by atoms with Crippen molar-refractivity contribution in [3.63, 3.8) is 0 Å². The lowest BCUT2D eigenvalue weighted by Crippen LogP contribution is -2.24. The Kier molecular flexibility index (Phi) is 3.96. The summed E-state index contributed by atoms with van der Waals surface area (Å²) in [5.41, 5.74) is -0.551. The lowest BCUT2D eigenvalue weighted by Gasteiger charge is -2.20. The number of phenols is 1. The molecule has 1 N–H and O–H groups in total. The lowest BCUT2D eigenvalue weighted by molar-refractivity contribution is 0.00662. The minimum Gasteiger partial charge on any atom is -0.504 e. The number of hydrogen-bond acceptors (Lipinski definition) is 5. The quantitative estimate of drug-likeness (QED) is 0.659. The number of aromatic hydroxyl groups is 1. The van der Waals surface area contributed by atoms with Crippen molar-refractivity contribution < 1.29 is 24.2 Å². The summed E-state index contributed by atoms with van der Waals surface area (Å²) in [7, 11) is 1.34. The highest BCUT2D eigenvalue weighted by Gasteiger charge is 2.23. The van der Waals surface area contributed by atoms with Gasteiger partial charge in [0.1, 0.15) is 17.5 Å². The smallest absolute Gasteiger partial charge is 0.342 e. The summed E-state index contributed by atoms with van der Waals surface area (Å²) in [5.74, 6) is -0.986. The molecule has 0 spiro atoms. The second-order valence-corrected chi connectivity index (χ2v) is 4.74. The highest BCUT2D eigenvalue weighted by atomic mass is 16.6. The molecule has 18 heavy (non-hydrogen) atoms. The molecule has 0 radical (unpaired) electrons. The van der Waals surface area contributed by atoms with Crippen LogP contribution in [0.25, 0.3) is 0 Å². The van der Waals surface area contributed by atoms with Gasteiger partial charge in [-0.15, -0.1) is 0 Å². The fraction of sp³-hybridized carbons (Fsp3) is 0.385. The normalized spacial score (nSPS) is 10.9. The fourth-order valence-corrected chi connectivity index (χ4v) is 1.34. The van der Waals surface area contributed by atoms with E-state index in [0.717, 1.165) is 0 Å². The number of ether oxygens (including phenoxy) is 2.